The predicted octanol–water partition coefficient (Wildman–Crippen LogP) is 1.16. The predicted molar refractivity (Wildman–Crippen MR) is 85.2 cm³/mol. The monoisotopic (exact) mass is 358 g/mol. The number of hydrogen-bond acceptors (Lipinski definition) is 5. The van der Waals surface area contributed by atoms with E-state index in [4.69, 9.17) is 4.42 Å². The number of furan rings is 1. The number of sulfonamides is 1. The molecule has 1 aliphatic rings. The summed E-state index contributed by atoms with van der Waals surface area (Å²) in [6.07, 6.45) is 1.11. The Bertz CT molecular complexity index is 752. The van der Waals surface area contributed by atoms with Crippen molar-refractivity contribution in [3.8, 4) is 0 Å². The minimum atomic E-state index is -3.78. The Morgan fingerprint density at radius 3 is 2.54 bits per heavy atom. The summed E-state index contributed by atoms with van der Waals surface area (Å²) in [5, 5.41) is 8.97. The molecule has 1 aromatic rings. The quantitative estimate of drug-likeness (QED) is 0.865. The van der Waals surface area contributed by atoms with Gasteiger partial charge < -0.3 is 14.4 Å². The van der Waals surface area contributed by atoms with E-state index in [1.807, 2.05) is 0 Å². The third-order valence-corrected chi connectivity index (χ3v) is 6.10. The Labute approximate surface area is 141 Å². The van der Waals surface area contributed by atoms with Crippen molar-refractivity contribution in [1.82, 2.24) is 9.21 Å². The molecule has 134 valence electrons. The van der Waals surface area contributed by atoms with E-state index in [2.05, 4.69) is 0 Å². The summed E-state index contributed by atoms with van der Waals surface area (Å²) in [4.78, 5) is 25.6. The molecule has 1 aliphatic heterocycles. The van der Waals surface area contributed by atoms with E-state index >= 15 is 0 Å². The number of piperidine rings is 1. The molecule has 24 heavy (non-hydrogen) atoms. The smallest absolute Gasteiger partial charge is 0.308 e. The van der Waals surface area contributed by atoms with Crippen molar-refractivity contribution in [3.05, 3.63) is 17.4 Å². The van der Waals surface area contributed by atoms with Gasteiger partial charge in [-0.15, -0.1) is 0 Å². The summed E-state index contributed by atoms with van der Waals surface area (Å²) in [5.74, 6) is -1.76. The number of carboxylic acids is 1. The molecule has 0 saturated carbocycles. The Hall–Kier alpha value is -1.87. The van der Waals surface area contributed by atoms with E-state index < -0.39 is 33.9 Å². The number of carboxylic acid groups (broad SMARTS) is 1. The zero-order valence-corrected chi connectivity index (χ0v) is 15.0. The summed E-state index contributed by atoms with van der Waals surface area (Å²) < 4.78 is 30.5. The van der Waals surface area contributed by atoms with Gasteiger partial charge >= 0.3 is 5.97 Å². The number of hydrogen-bond donors (Lipinski definition) is 1. The molecule has 8 nitrogen and oxygen atoms in total. The van der Waals surface area contributed by atoms with Gasteiger partial charge in [0.1, 0.15) is 5.76 Å². The average Bonchev–Trinajstić information content (AvgIpc) is 2.89. The fraction of sp³-hybridized carbons (Fsp3) is 0.600. The van der Waals surface area contributed by atoms with Crippen LogP contribution in [-0.2, 0) is 14.8 Å². The van der Waals surface area contributed by atoms with Crippen LogP contribution in [0.3, 0.4) is 0 Å². The van der Waals surface area contributed by atoms with Crippen LogP contribution >= 0.6 is 0 Å². The molecular weight excluding hydrogens is 336 g/mol. The van der Waals surface area contributed by atoms with Gasteiger partial charge in [0.25, 0.3) is 15.9 Å². The van der Waals surface area contributed by atoms with Gasteiger partial charge in [0, 0.05) is 32.7 Å². The highest BCUT2D eigenvalue weighted by Crippen LogP contribution is 2.28. The number of aryl methyl sites for hydroxylation is 1. The molecule has 1 fully saturated rings. The first-order valence-corrected chi connectivity index (χ1v) is 9.08. The van der Waals surface area contributed by atoms with Crippen molar-refractivity contribution in [2.24, 2.45) is 5.92 Å². The second-order valence-electron chi connectivity index (χ2n) is 6.15. The van der Waals surface area contributed by atoms with Crippen LogP contribution in [0.4, 0.5) is 0 Å². The topological polar surface area (TPSA) is 108 Å². The standard InChI is InChI=1S/C15H22N2O6S/c1-9-11(15(19)20)6-5-7-17(9)14(18)12-8-13(23-10(12)2)24(21,22)16(3)4/h8-9,11H,5-7H2,1-4H3,(H,19,20)/t9-,11-/m1/s1. The molecule has 0 spiro atoms. The molecular formula is C15H22N2O6S. The fourth-order valence-electron chi connectivity index (χ4n) is 2.89. The van der Waals surface area contributed by atoms with E-state index in [9.17, 15) is 23.1 Å². The molecule has 1 N–H and O–H groups in total. The molecule has 1 amide bonds. The fourth-order valence-corrected chi connectivity index (χ4v) is 3.75. The molecule has 9 heteroatoms. The van der Waals surface area contributed by atoms with Crippen molar-refractivity contribution in [3.63, 3.8) is 0 Å². The van der Waals surface area contributed by atoms with Gasteiger partial charge in [0.2, 0.25) is 5.09 Å². The van der Waals surface area contributed by atoms with Crippen molar-refractivity contribution >= 4 is 21.9 Å². The lowest BCUT2D eigenvalue weighted by Crippen LogP contribution is -2.49. The van der Waals surface area contributed by atoms with Gasteiger partial charge in [-0.3, -0.25) is 9.59 Å². The van der Waals surface area contributed by atoms with E-state index in [-0.39, 0.29) is 16.4 Å². The van der Waals surface area contributed by atoms with Crippen LogP contribution in [0.5, 0.6) is 0 Å². The number of rotatable bonds is 4. The first kappa shape index (κ1) is 18.5. The third kappa shape index (κ3) is 3.18. The second kappa shape index (κ2) is 6.56. The van der Waals surface area contributed by atoms with Crippen LogP contribution in [0.25, 0.3) is 0 Å². The third-order valence-electron chi connectivity index (χ3n) is 4.43. The zero-order chi connectivity index (χ0) is 18.2. The maximum absolute atomic E-state index is 12.8. The molecule has 2 rings (SSSR count). The minimum absolute atomic E-state index is 0.147. The van der Waals surface area contributed by atoms with E-state index in [1.54, 1.807) is 6.92 Å². The summed E-state index contributed by atoms with van der Waals surface area (Å²) >= 11 is 0. The van der Waals surface area contributed by atoms with Crippen molar-refractivity contribution in [1.29, 1.82) is 0 Å². The highest BCUT2D eigenvalue weighted by atomic mass is 32.2. The number of likely N-dealkylation sites (tertiary alicyclic amines) is 1. The van der Waals surface area contributed by atoms with Crippen molar-refractivity contribution < 1.29 is 27.5 Å². The Morgan fingerprint density at radius 2 is 2.00 bits per heavy atom. The Balaban J connectivity index is 2.34. The van der Waals surface area contributed by atoms with Crippen molar-refractivity contribution in [2.75, 3.05) is 20.6 Å². The zero-order valence-electron chi connectivity index (χ0n) is 14.1. The van der Waals surface area contributed by atoms with Crippen molar-refractivity contribution in [2.45, 2.75) is 37.8 Å². The second-order valence-corrected chi connectivity index (χ2v) is 8.23. The number of carbonyl (C=O) groups excluding carboxylic acids is 1. The largest absolute Gasteiger partial charge is 0.481 e. The van der Waals surface area contributed by atoms with Crippen LogP contribution in [0, 0.1) is 12.8 Å². The van der Waals surface area contributed by atoms with Crippen LogP contribution in [-0.4, -0.2) is 61.3 Å². The average molecular weight is 358 g/mol. The van der Waals surface area contributed by atoms with E-state index in [0.717, 1.165) is 4.31 Å². The van der Waals surface area contributed by atoms with Gasteiger partial charge in [-0.1, -0.05) is 0 Å². The normalized spacial score (nSPS) is 22.0. The SMILES string of the molecule is Cc1oc(S(=O)(=O)N(C)C)cc1C(=O)N1CCC[C@@H](C(=O)O)[C@H]1C. The van der Waals surface area contributed by atoms with Gasteiger partial charge in [0.15, 0.2) is 0 Å². The number of aliphatic carboxylic acids is 1. The van der Waals surface area contributed by atoms with Crippen LogP contribution in [0.2, 0.25) is 0 Å². The summed E-state index contributed by atoms with van der Waals surface area (Å²) in [5.41, 5.74) is 0.147. The lowest BCUT2D eigenvalue weighted by atomic mass is 9.90. The van der Waals surface area contributed by atoms with Gasteiger partial charge in [-0.2, -0.15) is 0 Å². The maximum Gasteiger partial charge on any atom is 0.308 e. The number of amides is 1. The summed E-state index contributed by atoms with van der Waals surface area (Å²) in [6.45, 7) is 3.65. The van der Waals surface area contributed by atoms with Crippen LogP contribution < -0.4 is 0 Å². The first-order valence-electron chi connectivity index (χ1n) is 7.64. The maximum atomic E-state index is 12.8. The van der Waals surface area contributed by atoms with Gasteiger partial charge in [-0.05, 0) is 26.7 Å². The molecule has 2 atom stereocenters. The Kier molecular flexibility index (Phi) is 5.05. The molecule has 1 aromatic heterocycles. The highest BCUT2D eigenvalue weighted by Gasteiger charge is 2.37. The molecule has 2 heterocycles. The number of carbonyl (C=O) groups is 2. The highest BCUT2D eigenvalue weighted by molar-refractivity contribution is 7.88. The molecule has 0 unspecified atom stereocenters. The number of nitrogens with zero attached hydrogens (tertiary/aromatic N) is 2. The lowest BCUT2D eigenvalue weighted by molar-refractivity contribution is -0.144. The minimum Gasteiger partial charge on any atom is -0.481 e. The van der Waals surface area contributed by atoms with E-state index in [0.29, 0.717) is 19.4 Å². The lowest BCUT2D eigenvalue weighted by Gasteiger charge is -2.37. The van der Waals surface area contributed by atoms with Gasteiger partial charge in [-0.25, -0.2) is 12.7 Å². The van der Waals surface area contributed by atoms with E-state index in [1.165, 1.54) is 32.0 Å². The van der Waals surface area contributed by atoms with Crippen LogP contribution in [0.15, 0.2) is 15.6 Å². The molecule has 0 aliphatic carbocycles. The molecule has 0 radical (unpaired) electrons. The first-order chi connectivity index (χ1) is 11.1. The van der Waals surface area contributed by atoms with Gasteiger partial charge in [0.05, 0.1) is 11.5 Å². The Morgan fingerprint density at radius 1 is 1.38 bits per heavy atom. The summed E-state index contributed by atoms with van der Waals surface area (Å²) in [6, 6.07) is 0.747. The molecule has 1 saturated heterocycles. The van der Waals surface area contributed by atoms with Crippen LogP contribution in [0.1, 0.15) is 35.9 Å². The summed E-state index contributed by atoms with van der Waals surface area (Å²) in [7, 11) is -1.03. The molecule has 0 aromatic carbocycles. The molecule has 0 bridgehead atoms.